The molecule has 2 N–H and O–H groups in total. The number of carboxylic acid groups (broad SMARTS) is 2. The number of nitrogens with zero attached hydrogens (tertiary/aromatic N) is 1. The standard InChI is InChI=1S/C27H39NO4/c1-3-4-5-6-7-8-9-12-22-13-15-23(16-14-22)21-28(24-17-18-24)20-11-10-19-27(2,25(29)30)26(31)32/h13-16,24H,3-9,12,17-21H2,1-2H3,(H,29,30)(H,31,32). The maximum absolute atomic E-state index is 11.3. The fraction of sp³-hybridized carbons (Fsp3) is 0.630. The summed E-state index contributed by atoms with van der Waals surface area (Å²) < 4.78 is 0. The van der Waals surface area contributed by atoms with Crippen LogP contribution in [0.1, 0.15) is 89.2 Å². The summed E-state index contributed by atoms with van der Waals surface area (Å²) in [4.78, 5) is 24.8. The Kier molecular flexibility index (Phi) is 10.8. The van der Waals surface area contributed by atoms with E-state index in [0.29, 0.717) is 12.6 Å². The van der Waals surface area contributed by atoms with E-state index in [9.17, 15) is 19.8 Å². The summed E-state index contributed by atoms with van der Waals surface area (Å²) in [5.41, 5.74) is 0.785. The highest BCUT2D eigenvalue weighted by molar-refractivity contribution is 5.98. The van der Waals surface area contributed by atoms with E-state index in [-0.39, 0.29) is 6.42 Å². The summed E-state index contributed by atoms with van der Waals surface area (Å²) in [6.45, 7) is 4.80. The van der Waals surface area contributed by atoms with E-state index in [2.05, 4.69) is 47.9 Å². The van der Waals surface area contributed by atoms with E-state index >= 15 is 0 Å². The van der Waals surface area contributed by atoms with Gasteiger partial charge in [0.2, 0.25) is 0 Å². The molecule has 1 fully saturated rings. The predicted molar refractivity (Wildman–Crippen MR) is 127 cm³/mol. The van der Waals surface area contributed by atoms with Crippen LogP contribution in [0, 0.1) is 17.3 Å². The summed E-state index contributed by atoms with van der Waals surface area (Å²) in [7, 11) is 0. The van der Waals surface area contributed by atoms with Gasteiger partial charge >= 0.3 is 11.9 Å². The van der Waals surface area contributed by atoms with Gasteiger partial charge in [-0.2, -0.15) is 0 Å². The highest BCUT2D eigenvalue weighted by atomic mass is 16.4. The lowest BCUT2D eigenvalue weighted by Gasteiger charge is -2.20. The van der Waals surface area contributed by atoms with Crippen LogP contribution in [0.2, 0.25) is 0 Å². The number of carbonyl (C=O) groups is 2. The second-order valence-corrected chi connectivity index (χ2v) is 9.30. The van der Waals surface area contributed by atoms with E-state index < -0.39 is 17.4 Å². The molecule has 0 aliphatic heterocycles. The number of hydrogen-bond donors (Lipinski definition) is 2. The number of rotatable bonds is 15. The van der Waals surface area contributed by atoms with Crippen molar-refractivity contribution in [1.82, 2.24) is 4.90 Å². The fourth-order valence-electron chi connectivity index (χ4n) is 3.73. The van der Waals surface area contributed by atoms with E-state index in [1.54, 1.807) is 0 Å². The third-order valence-electron chi connectivity index (χ3n) is 6.33. The van der Waals surface area contributed by atoms with Crippen molar-refractivity contribution < 1.29 is 19.8 Å². The maximum atomic E-state index is 11.3. The van der Waals surface area contributed by atoms with Gasteiger partial charge in [0, 0.05) is 19.0 Å². The molecule has 0 saturated heterocycles. The molecule has 32 heavy (non-hydrogen) atoms. The van der Waals surface area contributed by atoms with E-state index in [1.807, 2.05) is 0 Å². The molecule has 0 amide bonds. The lowest BCUT2D eigenvalue weighted by Crippen LogP contribution is -2.36. The Morgan fingerprint density at radius 3 is 2.06 bits per heavy atom. The summed E-state index contributed by atoms with van der Waals surface area (Å²) in [5, 5.41) is 18.4. The molecule has 0 heterocycles. The zero-order valence-electron chi connectivity index (χ0n) is 19.7. The van der Waals surface area contributed by atoms with E-state index in [4.69, 9.17) is 0 Å². The number of carboxylic acids is 2. The Morgan fingerprint density at radius 1 is 0.938 bits per heavy atom. The zero-order valence-corrected chi connectivity index (χ0v) is 19.7. The van der Waals surface area contributed by atoms with Gasteiger partial charge in [-0.05, 0) is 43.7 Å². The highest BCUT2D eigenvalue weighted by Gasteiger charge is 2.40. The first-order chi connectivity index (χ1) is 15.4. The van der Waals surface area contributed by atoms with Gasteiger partial charge in [-0.1, -0.05) is 75.6 Å². The lowest BCUT2D eigenvalue weighted by molar-refractivity contribution is -0.162. The third-order valence-corrected chi connectivity index (χ3v) is 6.33. The van der Waals surface area contributed by atoms with E-state index in [0.717, 1.165) is 25.8 Å². The van der Waals surface area contributed by atoms with Crippen molar-refractivity contribution in [1.29, 1.82) is 0 Å². The number of unbranched alkanes of at least 4 members (excludes halogenated alkanes) is 6. The molecular weight excluding hydrogens is 402 g/mol. The monoisotopic (exact) mass is 441 g/mol. The van der Waals surface area contributed by atoms with Crippen LogP contribution >= 0.6 is 0 Å². The molecule has 1 aromatic rings. The Labute approximate surface area is 193 Å². The summed E-state index contributed by atoms with van der Waals surface area (Å²) >= 11 is 0. The van der Waals surface area contributed by atoms with Gasteiger partial charge in [0.15, 0.2) is 5.41 Å². The average molecular weight is 442 g/mol. The molecule has 5 nitrogen and oxygen atoms in total. The second-order valence-electron chi connectivity index (χ2n) is 9.30. The first-order valence-electron chi connectivity index (χ1n) is 12.1. The third kappa shape index (κ3) is 8.67. The molecule has 5 heteroatoms. The van der Waals surface area contributed by atoms with Gasteiger partial charge < -0.3 is 10.2 Å². The summed E-state index contributed by atoms with van der Waals surface area (Å²) in [6, 6.07) is 9.38. The van der Waals surface area contributed by atoms with Crippen LogP contribution < -0.4 is 0 Å². The molecule has 0 radical (unpaired) electrons. The van der Waals surface area contributed by atoms with Crippen LogP contribution in [0.5, 0.6) is 0 Å². The normalized spacial score (nSPS) is 13.6. The van der Waals surface area contributed by atoms with Crippen molar-refractivity contribution >= 4 is 11.9 Å². The summed E-state index contributed by atoms with van der Waals surface area (Å²) in [6.07, 6.45) is 12.5. The topological polar surface area (TPSA) is 77.8 Å². The number of aliphatic carboxylic acids is 2. The molecular formula is C27H39NO4. The van der Waals surface area contributed by atoms with Gasteiger partial charge in [-0.3, -0.25) is 14.5 Å². The van der Waals surface area contributed by atoms with Crippen LogP contribution in [0.25, 0.3) is 0 Å². The van der Waals surface area contributed by atoms with E-state index in [1.165, 1.54) is 63.0 Å². The SMILES string of the molecule is CCCCCCCCCc1ccc(CN(CC#CCC(C)(C(=O)O)C(=O)O)C2CC2)cc1. The van der Waals surface area contributed by atoms with Gasteiger partial charge in [0.25, 0.3) is 0 Å². The van der Waals surface area contributed by atoms with Gasteiger partial charge in [0.05, 0.1) is 6.54 Å². The predicted octanol–water partition coefficient (Wildman–Crippen LogP) is 5.51. The first kappa shape index (κ1) is 25.9. The largest absolute Gasteiger partial charge is 0.480 e. The molecule has 1 aliphatic carbocycles. The minimum absolute atomic E-state index is 0.191. The fourth-order valence-corrected chi connectivity index (χ4v) is 3.73. The molecule has 0 unspecified atom stereocenters. The van der Waals surface area contributed by atoms with Crippen molar-refractivity contribution in [3.05, 3.63) is 35.4 Å². The zero-order chi connectivity index (χ0) is 23.4. The van der Waals surface area contributed by atoms with Crippen LogP contribution in [0.3, 0.4) is 0 Å². The second kappa shape index (κ2) is 13.3. The Morgan fingerprint density at radius 2 is 1.50 bits per heavy atom. The molecule has 176 valence electrons. The van der Waals surface area contributed by atoms with Crippen molar-refractivity contribution in [2.45, 2.75) is 97.1 Å². The van der Waals surface area contributed by atoms with Crippen LogP contribution in [0.15, 0.2) is 24.3 Å². The van der Waals surface area contributed by atoms with Crippen molar-refractivity contribution in [2.75, 3.05) is 6.54 Å². The number of hydrogen-bond acceptors (Lipinski definition) is 3. The minimum Gasteiger partial charge on any atom is -0.480 e. The average Bonchev–Trinajstić information content (AvgIpc) is 3.61. The highest BCUT2D eigenvalue weighted by Crippen LogP contribution is 2.28. The van der Waals surface area contributed by atoms with Crippen LogP contribution in [0.4, 0.5) is 0 Å². The van der Waals surface area contributed by atoms with Crippen molar-refractivity contribution in [3.63, 3.8) is 0 Å². The molecule has 0 spiro atoms. The molecule has 0 bridgehead atoms. The number of benzene rings is 1. The molecule has 1 aromatic carbocycles. The van der Waals surface area contributed by atoms with Crippen molar-refractivity contribution in [3.8, 4) is 11.8 Å². The van der Waals surface area contributed by atoms with Gasteiger partial charge in [-0.15, -0.1) is 5.92 Å². The van der Waals surface area contributed by atoms with Crippen LogP contribution in [-0.2, 0) is 22.6 Å². The molecule has 2 rings (SSSR count). The Balaban J connectivity index is 1.79. The molecule has 0 aromatic heterocycles. The number of aryl methyl sites for hydroxylation is 1. The smallest absolute Gasteiger partial charge is 0.321 e. The van der Waals surface area contributed by atoms with Crippen LogP contribution in [-0.4, -0.2) is 39.6 Å². The Bertz CT molecular complexity index is 772. The molecule has 1 saturated carbocycles. The quantitative estimate of drug-likeness (QED) is 0.213. The maximum Gasteiger partial charge on any atom is 0.321 e. The first-order valence-corrected chi connectivity index (χ1v) is 12.1. The Hall–Kier alpha value is -2.32. The van der Waals surface area contributed by atoms with Gasteiger partial charge in [-0.25, -0.2) is 0 Å². The van der Waals surface area contributed by atoms with Crippen molar-refractivity contribution in [2.24, 2.45) is 5.41 Å². The molecule has 1 aliphatic rings. The molecule has 0 atom stereocenters. The summed E-state index contributed by atoms with van der Waals surface area (Å²) in [5.74, 6) is 3.09. The lowest BCUT2D eigenvalue weighted by atomic mass is 9.87. The van der Waals surface area contributed by atoms with Gasteiger partial charge in [0.1, 0.15) is 0 Å². The minimum atomic E-state index is -1.86.